The highest BCUT2D eigenvalue weighted by molar-refractivity contribution is 5.67. The molecular weight excluding hydrogens is 204 g/mol. The van der Waals surface area contributed by atoms with Crippen molar-refractivity contribution in [3.05, 3.63) is 42.4 Å². The van der Waals surface area contributed by atoms with Gasteiger partial charge in [0.1, 0.15) is 0 Å². The molecule has 0 saturated carbocycles. The van der Waals surface area contributed by atoms with Crippen LogP contribution in [0.5, 0.6) is 0 Å². The summed E-state index contributed by atoms with van der Waals surface area (Å²) in [6.07, 6.45) is 0. The van der Waals surface area contributed by atoms with Crippen LogP contribution >= 0.6 is 0 Å². The maximum atomic E-state index is 11.2. The first-order valence-electron chi connectivity index (χ1n) is 4.09. The minimum Gasteiger partial charge on any atom is -0.410 e. The van der Waals surface area contributed by atoms with Crippen molar-refractivity contribution in [3.63, 3.8) is 0 Å². The minimum atomic E-state index is -1.20. The molecule has 2 heterocycles. The quantitative estimate of drug-likeness (QED) is 0.581. The van der Waals surface area contributed by atoms with Crippen molar-refractivity contribution >= 4 is 11.4 Å². The summed E-state index contributed by atoms with van der Waals surface area (Å²) in [7, 11) is 0. The highest BCUT2D eigenvalue weighted by atomic mass is 16.5. The van der Waals surface area contributed by atoms with Crippen molar-refractivity contribution in [2.24, 2.45) is 0 Å². The second-order valence-electron chi connectivity index (χ2n) is 3.04. The Morgan fingerprint density at radius 2 is 1.27 bits per heavy atom. The van der Waals surface area contributed by atoms with Gasteiger partial charge in [0.25, 0.3) is 0 Å². The minimum absolute atomic E-state index is 0.0169. The second-order valence-corrected chi connectivity index (χ2v) is 3.04. The Morgan fingerprint density at radius 1 is 0.733 bits per heavy atom. The SMILES string of the molecule is Cc1c(C)c2oc(=O)c(=O)oc2oc1=O. The topological polar surface area (TPSA) is 90.6 Å². The van der Waals surface area contributed by atoms with Crippen LogP contribution in [0.2, 0.25) is 0 Å². The predicted molar refractivity (Wildman–Crippen MR) is 49.0 cm³/mol. The highest BCUT2D eigenvalue weighted by Crippen LogP contribution is 2.15. The molecule has 6 heteroatoms. The number of hydrogen-bond donors (Lipinski definition) is 0. The third-order valence-corrected chi connectivity index (χ3v) is 2.13. The van der Waals surface area contributed by atoms with Crippen LogP contribution < -0.4 is 16.9 Å². The van der Waals surface area contributed by atoms with Crippen molar-refractivity contribution in [2.45, 2.75) is 13.8 Å². The monoisotopic (exact) mass is 210 g/mol. The third-order valence-electron chi connectivity index (χ3n) is 2.13. The number of rotatable bonds is 0. The third kappa shape index (κ3) is 1.30. The van der Waals surface area contributed by atoms with Crippen LogP contribution in [0.3, 0.4) is 0 Å². The Hall–Kier alpha value is -2.11. The molecule has 2 aromatic rings. The molecule has 0 radical (unpaired) electrons. The van der Waals surface area contributed by atoms with E-state index in [-0.39, 0.29) is 11.4 Å². The Bertz CT molecular complexity index is 699. The lowest BCUT2D eigenvalue weighted by Crippen LogP contribution is -2.22. The number of fused-ring (bicyclic) bond motifs is 1. The molecule has 0 bridgehead atoms. The summed E-state index contributed by atoms with van der Waals surface area (Å²) in [5.41, 5.74) is -2.25. The fraction of sp³-hybridized carbons (Fsp3) is 0.222. The molecule has 0 aliphatic carbocycles. The van der Waals surface area contributed by atoms with Crippen LogP contribution in [0, 0.1) is 13.8 Å². The van der Waals surface area contributed by atoms with Gasteiger partial charge in [0, 0.05) is 11.1 Å². The van der Waals surface area contributed by atoms with Gasteiger partial charge in [-0.1, -0.05) is 0 Å². The van der Waals surface area contributed by atoms with Crippen LogP contribution in [-0.2, 0) is 0 Å². The summed E-state index contributed by atoms with van der Waals surface area (Å²) >= 11 is 0. The summed E-state index contributed by atoms with van der Waals surface area (Å²) in [6, 6.07) is 0. The van der Waals surface area contributed by atoms with Gasteiger partial charge < -0.3 is 13.3 Å². The molecule has 0 aliphatic rings. The fourth-order valence-electron chi connectivity index (χ4n) is 1.13. The van der Waals surface area contributed by atoms with Crippen LogP contribution in [0.15, 0.2) is 27.6 Å². The largest absolute Gasteiger partial charge is 0.425 e. The zero-order chi connectivity index (χ0) is 11.2. The molecule has 0 atom stereocenters. The van der Waals surface area contributed by atoms with E-state index in [1.54, 1.807) is 6.92 Å². The van der Waals surface area contributed by atoms with Gasteiger partial charge in [-0.25, -0.2) is 14.4 Å². The molecular formula is C9H6O6. The molecule has 0 aromatic carbocycles. The van der Waals surface area contributed by atoms with E-state index in [4.69, 9.17) is 0 Å². The Morgan fingerprint density at radius 3 is 1.93 bits per heavy atom. The molecule has 0 saturated heterocycles. The number of aryl methyl sites for hydroxylation is 1. The molecule has 0 fully saturated rings. The van der Waals surface area contributed by atoms with Gasteiger partial charge in [0.15, 0.2) is 0 Å². The molecule has 2 aromatic heterocycles. The van der Waals surface area contributed by atoms with Crippen molar-refractivity contribution in [1.82, 2.24) is 0 Å². The zero-order valence-electron chi connectivity index (χ0n) is 7.95. The van der Waals surface area contributed by atoms with Gasteiger partial charge in [0.2, 0.25) is 5.58 Å². The molecule has 0 spiro atoms. The van der Waals surface area contributed by atoms with Gasteiger partial charge in [-0.15, -0.1) is 0 Å². The van der Waals surface area contributed by atoms with E-state index in [9.17, 15) is 14.4 Å². The molecule has 2 rings (SSSR count). The normalized spacial score (nSPS) is 10.8. The van der Waals surface area contributed by atoms with Gasteiger partial charge in [0.05, 0.1) is 0 Å². The van der Waals surface area contributed by atoms with E-state index in [1.807, 2.05) is 0 Å². The smallest absolute Gasteiger partial charge is 0.410 e. The van der Waals surface area contributed by atoms with Gasteiger partial charge in [-0.3, -0.25) is 0 Å². The Labute approximate surface area is 81.7 Å². The summed E-state index contributed by atoms with van der Waals surface area (Å²) in [6.45, 7) is 3.09. The van der Waals surface area contributed by atoms with E-state index in [0.717, 1.165) is 0 Å². The zero-order valence-corrected chi connectivity index (χ0v) is 7.95. The summed E-state index contributed by atoms with van der Waals surface area (Å²) < 4.78 is 13.8. The molecule has 0 amide bonds. The molecule has 78 valence electrons. The van der Waals surface area contributed by atoms with Crippen molar-refractivity contribution < 1.29 is 13.3 Å². The van der Waals surface area contributed by atoms with E-state index in [1.165, 1.54) is 6.92 Å². The standard InChI is InChI=1S/C9H6O6/c1-3-4(2)6(10)14-9-5(3)13-7(11)8(12)15-9/h1-2H3. The molecule has 15 heavy (non-hydrogen) atoms. The first-order valence-corrected chi connectivity index (χ1v) is 4.09. The van der Waals surface area contributed by atoms with E-state index >= 15 is 0 Å². The average molecular weight is 210 g/mol. The van der Waals surface area contributed by atoms with Crippen LogP contribution in [-0.4, -0.2) is 0 Å². The predicted octanol–water partition coefficient (Wildman–Crippen LogP) is 0.316. The Kier molecular flexibility index (Phi) is 1.85. The molecule has 0 unspecified atom stereocenters. The summed E-state index contributed by atoms with van der Waals surface area (Å²) in [5, 5.41) is 0. The van der Waals surface area contributed by atoms with Gasteiger partial charge >= 0.3 is 22.7 Å². The summed E-state index contributed by atoms with van der Waals surface area (Å²) in [5.74, 6) is -0.368. The number of hydrogen-bond acceptors (Lipinski definition) is 6. The highest BCUT2D eigenvalue weighted by Gasteiger charge is 2.13. The van der Waals surface area contributed by atoms with E-state index in [0.29, 0.717) is 11.1 Å². The van der Waals surface area contributed by atoms with Crippen LogP contribution in [0.4, 0.5) is 0 Å². The Balaban J connectivity index is 3.13. The molecule has 6 nitrogen and oxygen atoms in total. The fourth-order valence-corrected chi connectivity index (χ4v) is 1.13. The van der Waals surface area contributed by atoms with Crippen LogP contribution in [0.25, 0.3) is 11.4 Å². The lowest BCUT2D eigenvalue weighted by atomic mass is 10.2. The maximum Gasteiger partial charge on any atom is 0.425 e. The molecule has 0 N–H and O–H groups in total. The van der Waals surface area contributed by atoms with Gasteiger partial charge in [-0.2, -0.15) is 0 Å². The van der Waals surface area contributed by atoms with E-state index < -0.39 is 16.9 Å². The lowest BCUT2D eigenvalue weighted by molar-refractivity contribution is 0.371. The average Bonchev–Trinajstić information content (AvgIpc) is 2.19. The molecule has 0 aliphatic heterocycles. The van der Waals surface area contributed by atoms with Crippen LogP contribution in [0.1, 0.15) is 11.1 Å². The maximum absolute atomic E-state index is 11.2. The van der Waals surface area contributed by atoms with Gasteiger partial charge in [-0.05, 0) is 13.8 Å². The first-order chi connectivity index (χ1) is 7.00. The first kappa shape index (κ1) is 9.45. The van der Waals surface area contributed by atoms with Crippen molar-refractivity contribution in [2.75, 3.05) is 0 Å². The van der Waals surface area contributed by atoms with E-state index in [2.05, 4.69) is 13.3 Å². The lowest BCUT2D eigenvalue weighted by Gasteiger charge is -1.98. The van der Waals surface area contributed by atoms with Crippen molar-refractivity contribution in [3.8, 4) is 0 Å². The second kappa shape index (κ2) is 2.94. The summed E-state index contributed by atoms with van der Waals surface area (Å²) in [4.78, 5) is 32.9. The van der Waals surface area contributed by atoms with Crippen molar-refractivity contribution in [1.29, 1.82) is 0 Å².